The number of hydrogen-bond donors (Lipinski definition) is 2. The number of H-pyrrole nitrogens is 2. The SMILES string of the molecule is O=C(CCc1n[nH]c(=O)[nH]1)N1CCCC2(CCc3cnc(-c4ccccc4)nc32)C1. The van der Waals surface area contributed by atoms with Crippen LogP contribution >= 0.6 is 0 Å². The van der Waals surface area contributed by atoms with Crippen LogP contribution in [0.2, 0.25) is 0 Å². The zero-order chi connectivity index (χ0) is 20.6. The summed E-state index contributed by atoms with van der Waals surface area (Å²) >= 11 is 0. The van der Waals surface area contributed by atoms with Gasteiger partial charge in [0.15, 0.2) is 5.82 Å². The van der Waals surface area contributed by atoms with Gasteiger partial charge >= 0.3 is 5.69 Å². The third-order valence-electron chi connectivity index (χ3n) is 6.33. The van der Waals surface area contributed by atoms with Gasteiger partial charge in [0.25, 0.3) is 0 Å². The summed E-state index contributed by atoms with van der Waals surface area (Å²) in [6, 6.07) is 10.0. The monoisotopic (exact) mass is 404 g/mol. The second-order valence-electron chi connectivity index (χ2n) is 8.26. The first-order valence-corrected chi connectivity index (χ1v) is 10.5. The van der Waals surface area contributed by atoms with E-state index in [9.17, 15) is 9.59 Å². The highest BCUT2D eigenvalue weighted by molar-refractivity contribution is 5.76. The molecule has 1 saturated heterocycles. The van der Waals surface area contributed by atoms with Gasteiger partial charge in [-0.2, -0.15) is 5.10 Å². The Kier molecular flexibility index (Phi) is 4.69. The van der Waals surface area contributed by atoms with Gasteiger partial charge in [-0.1, -0.05) is 30.3 Å². The van der Waals surface area contributed by atoms with Gasteiger partial charge in [0.05, 0.1) is 5.69 Å². The first-order valence-electron chi connectivity index (χ1n) is 10.5. The van der Waals surface area contributed by atoms with Crippen molar-refractivity contribution in [2.75, 3.05) is 13.1 Å². The number of aromatic amines is 2. The topological polar surface area (TPSA) is 108 Å². The summed E-state index contributed by atoms with van der Waals surface area (Å²) in [5.74, 6) is 1.37. The molecule has 0 saturated carbocycles. The minimum Gasteiger partial charge on any atom is -0.342 e. The van der Waals surface area contributed by atoms with Crippen molar-refractivity contribution in [3.8, 4) is 11.4 Å². The number of aromatic nitrogens is 5. The van der Waals surface area contributed by atoms with Gasteiger partial charge in [0, 0.05) is 43.1 Å². The van der Waals surface area contributed by atoms with E-state index in [1.165, 1.54) is 5.56 Å². The van der Waals surface area contributed by atoms with Crippen molar-refractivity contribution in [2.45, 2.75) is 43.9 Å². The van der Waals surface area contributed by atoms with Gasteiger partial charge in [0.1, 0.15) is 5.82 Å². The molecule has 1 atom stereocenters. The third kappa shape index (κ3) is 3.42. The van der Waals surface area contributed by atoms with Crippen molar-refractivity contribution in [3.05, 3.63) is 64.1 Å². The fourth-order valence-electron chi connectivity index (χ4n) is 4.82. The molecule has 2 N–H and O–H groups in total. The molecule has 0 bridgehead atoms. The molecule has 1 fully saturated rings. The van der Waals surface area contributed by atoms with E-state index in [0.29, 0.717) is 25.2 Å². The number of carbonyl (C=O) groups excluding carboxylic acids is 1. The maximum absolute atomic E-state index is 12.9. The molecule has 1 aliphatic heterocycles. The number of fused-ring (bicyclic) bond motifs is 2. The van der Waals surface area contributed by atoms with Crippen LogP contribution in [0.15, 0.2) is 41.3 Å². The van der Waals surface area contributed by atoms with E-state index in [2.05, 4.69) is 20.2 Å². The number of nitrogens with one attached hydrogen (secondary N) is 2. The number of aryl methyl sites for hydroxylation is 2. The number of nitrogens with zero attached hydrogens (tertiary/aromatic N) is 4. The second-order valence-corrected chi connectivity index (χ2v) is 8.26. The Hall–Kier alpha value is -3.29. The third-order valence-corrected chi connectivity index (χ3v) is 6.33. The van der Waals surface area contributed by atoms with E-state index in [4.69, 9.17) is 4.98 Å². The Morgan fingerprint density at radius 3 is 2.87 bits per heavy atom. The minimum atomic E-state index is -0.342. The molecule has 8 heteroatoms. The van der Waals surface area contributed by atoms with Crippen molar-refractivity contribution >= 4 is 5.91 Å². The predicted octanol–water partition coefficient (Wildman–Crippen LogP) is 1.99. The fourth-order valence-corrected chi connectivity index (χ4v) is 4.82. The van der Waals surface area contributed by atoms with Crippen LogP contribution < -0.4 is 5.69 Å². The molecule has 154 valence electrons. The molecule has 1 aliphatic carbocycles. The van der Waals surface area contributed by atoms with Gasteiger partial charge in [-0.05, 0) is 31.2 Å². The molecule has 0 radical (unpaired) electrons. The number of hydrogen-bond acceptors (Lipinski definition) is 5. The molecule has 2 aromatic heterocycles. The summed E-state index contributed by atoms with van der Waals surface area (Å²) in [4.78, 5) is 38.2. The molecule has 1 amide bonds. The van der Waals surface area contributed by atoms with E-state index in [-0.39, 0.29) is 17.0 Å². The highest BCUT2D eigenvalue weighted by Crippen LogP contribution is 2.44. The minimum absolute atomic E-state index is 0.0869. The Labute approximate surface area is 173 Å². The van der Waals surface area contributed by atoms with Crippen LogP contribution in [0.4, 0.5) is 0 Å². The fraction of sp³-hybridized carbons (Fsp3) is 0.409. The van der Waals surface area contributed by atoms with Crippen molar-refractivity contribution in [1.29, 1.82) is 0 Å². The molecule has 1 spiro atoms. The zero-order valence-corrected chi connectivity index (χ0v) is 16.7. The molecule has 5 rings (SSSR count). The lowest BCUT2D eigenvalue weighted by atomic mass is 9.77. The van der Waals surface area contributed by atoms with E-state index in [0.717, 1.165) is 49.3 Å². The predicted molar refractivity (Wildman–Crippen MR) is 111 cm³/mol. The molecular weight excluding hydrogens is 380 g/mol. The van der Waals surface area contributed by atoms with Crippen molar-refractivity contribution < 1.29 is 4.79 Å². The van der Waals surface area contributed by atoms with Crippen LogP contribution in [0, 0.1) is 0 Å². The zero-order valence-electron chi connectivity index (χ0n) is 16.7. The number of likely N-dealkylation sites (tertiary alicyclic amines) is 1. The Bertz CT molecular complexity index is 1120. The molecule has 1 unspecified atom stereocenters. The second kappa shape index (κ2) is 7.51. The van der Waals surface area contributed by atoms with Crippen molar-refractivity contribution in [1.82, 2.24) is 30.0 Å². The molecule has 1 aromatic carbocycles. The van der Waals surface area contributed by atoms with Gasteiger partial charge in [-0.25, -0.2) is 19.9 Å². The summed E-state index contributed by atoms with van der Waals surface area (Å²) in [6.07, 6.45) is 6.71. The number of amides is 1. The summed E-state index contributed by atoms with van der Waals surface area (Å²) in [5.41, 5.74) is 2.91. The van der Waals surface area contributed by atoms with E-state index < -0.39 is 0 Å². The van der Waals surface area contributed by atoms with Gasteiger partial charge < -0.3 is 4.90 Å². The lowest BCUT2D eigenvalue weighted by Gasteiger charge is -2.40. The average Bonchev–Trinajstić information content (AvgIpc) is 3.36. The van der Waals surface area contributed by atoms with Gasteiger partial charge in [-0.3, -0.25) is 9.78 Å². The molecule has 30 heavy (non-hydrogen) atoms. The van der Waals surface area contributed by atoms with Crippen molar-refractivity contribution in [3.63, 3.8) is 0 Å². The van der Waals surface area contributed by atoms with Gasteiger partial charge in [0.2, 0.25) is 5.91 Å². The summed E-state index contributed by atoms with van der Waals surface area (Å²) < 4.78 is 0. The highest BCUT2D eigenvalue weighted by atomic mass is 16.2. The van der Waals surface area contributed by atoms with E-state index in [1.54, 1.807) is 0 Å². The Balaban J connectivity index is 1.35. The normalized spacial score (nSPS) is 20.5. The summed E-state index contributed by atoms with van der Waals surface area (Å²) in [5, 5.41) is 6.23. The lowest BCUT2D eigenvalue weighted by molar-refractivity contribution is -0.133. The van der Waals surface area contributed by atoms with E-state index >= 15 is 0 Å². The molecule has 2 aliphatic rings. The maximum atomic E-state index is 12.9. The Morgan fingerprint density at radius 1 is 1.20 bits per heavy atom. The van der Waals surface area contributed by atoms with Crippen LogP contribution in [0.5, 0.6) is 0 Å². The summed E-state index contributed by atoms with van der Waals surface area (Å²) in [6.45, 7) is 1.46. The lowest BCUT2D eigenvalue weighted by Crippen LogP contribution is -2.48. The highest BCUT2D eigenvalue weighted by Gasteiger charge is 2.44. The number of carbonyl (C=O) groups is 1. The largest absolute Gasteiger partial charge is 0.342 e. The molecule has 8 nitrogen and oxygen atoms in total. The maximum Gasteiger partial charge on any atom is 0.340 e. The first kappa shape index (κ1) is 18.7. The standard InChI is InChI=1S/C22H24N6O2/c29-18(8-7-17-24-21(30)27-26-17)28-12-4-10-22(14-28)11-9-16-13-23-20(25-19(16)22)15-5-2-1-3-6-15/h1-3,5-6,13H,4,7-12,14H2,(H2,24,26,27,30). The number of rotatable bonds is 4. The van der Waals surface area contributed by atoms with E-state index in [1.807, 2.05) is 41.4 Å². The van der Waals surface area contributed by atoms with Gasteiger partial charge in [-0.15, -0.1) is 0 Å². The smallest absolute Gasteiger partial charge is 0.340 e. The number of piperidine rings is 1. The van der Waals surface area contributed by atoms with Crippen LogP contribution in [0.25, 0.3) is 11.4 Å². The first-order chi connectivity index (χ1) is 14.6. The Morgan fingerprint density at radius 2 is 2.07 bits per heavy atom. The van der Waals surface area contributed by atoms with Crippen LogP contribution in [0.3, 0.4) is 0 Å². The van der Waals surface area contributed by atoms with Crippen LogP contribution in [0.1, 0.15) is 42.8 Å². The number of benzene rings is 1. The molecule has 3 aromatic rings. The van der Waals surface area contributed by atoms with Crippen LogP contribution in [-0.4, -0.2) is 49.0 Å². The molecule has 3 heterocycles. The van der Waals surface area contributed by atoms with Crippen LogP contribution in [-0.2, 0) is 23.1 Å². The summed E-state index contributed by atoms with van der Waals surface area (Å²) in [7, 11) is 0. The average molecular weight is 404 g/mol. The molecular formula is C22H24N6O2. The van der Waals surface area contributed by atoms with Crippen molar-refractivity contribution in [2.24, 2.45) is 0 Å². The quantitative estimate of drug-likeness (QED) is 0.691.